The third-order valence-corrected chi connectivity index (χ3v) is 2.87. The molecule has 0 spiro atoms. The number of guanidine groups is 2. The zero-order chi connectivity index (χ0) is 14.8. The molecule has 0 aliphatic carbocycles. The molecule has 0 radical (unpaired) electrons. The lowest BCUT2D eigenvalue weighted by Gasteiger charge is -2.12. The third kappa shape index (κ3) is 4.39. The van der Waals surface area contributed by atoms with E-state index in [1.165, 1.54) is 6.07 Å². The lowest BCUT2D eigenvalue weighted by atomic mass is 10.2. The van der Waals surface area contributed by atoms with Crippen LogP contribution in [-0.2, 0) is 6.18 Å². The molecule has 0 saturated carbocycles. The number of rotatable bonds is 1. The highest BCUT2D eigenvalue weighted by molar-refractivity contribution is 9.11. The average Bonchev–Trinajstić information content (AvgIpc) is 2.18. The van der Waals surface area contributed by atoms with Crippen LogP contribution < -0.4 is 17.2 Å². The maximum atomic E-state index is 12.9. The Morgan fingerprint density at radius 2 is 1.68 bits per heavy atom. The number of hydrogen-bond donors (Lipinski definition) is 3. The van der Waals surface area contributed by atoms with Crippen LogP contribution in [0.15, 0.2) is 31.1 Å². The first kappa shape index (κ1) is 15.8. The summed E-state index contributed by atoms with van der Waals surface area (Å²) in [6.07, 6.45) is -4.59. The zero-order valence-corrected chi connectivity index (χ0v) is 12.3. The van der Waals surface area contributed by atoms with Crippen LogP contribution in [0.25, 0.3) is 0 Å². The second-order valence-electron chi connectivity index (χ2n) is 3.29. The Morgan fingerprint density at radius 3 is 2.16 bits per heavy atom. The van der Waals surface area contributed by atoms with E-state index in [2.05, 4.69) is 41.8 Å². The van der Waals surface area contributed by atoms with Crippen molar-refractivity contribution >= 4 is 49.5 Å². The van der Waals surface area contributed by atoms with Crippen molar-refractivity contribution in [1.82, 2.24) is 0 Å². The summed E-state index contributed by atoms with van der Waals surface area (Å²) in [6.45, 7) is 0. The maximum Gasteiger partial charge on any atom is 0.418 e. The van der Waals surface area contributed by atoms with Crippen molar-refractivity contribution in [3.63, 3.8) is 0 Å². The van der Waals surface area contributed by atoms with Crippen LogP contribution in [0, 0.1) is 0 Å². The Balaban J connectivity index is 3.47. The fourth-order valence-electron chi connectivity index (χ4n) is 1.17. The fraction of sp³-hybridized carbons (Fsp3) is 0.111. The molecule has 1 aromatic carbocycles. The molecular weight excluding hydrogens is 395 g/mol. The number of nitrogens with zero attached hydrogens (tertiary/aromatic N) is 2. The molecule has 19 heavy (non-hydrogen) atoms. The summed E-state index contributed by atoms with van der Waals surface area (Å²) in [7, 11) is 0. The summed E-state index contributed by atoms with van der Waals surface area (Å²) in [5, 5.41) is 0. The van der Waals surface area contributed by atoms with Crippen LogP contribution >= 0.6 is 31.9 Å². The van der Waals surface area contributed by atoms with Crippen molar-refractivity contribution < 1.29 is 13.2 Å². The number of hydrogen-bond acceptors (Lipinski definition) is 1. The van der Waals surface area contributed by atoms with Gasteiger partial charge in [-0.1, -0.05) is 15.9 Å². The topological polar surface area (TPSA) is 103 Å². The number of aliphatic imine (C=N–C) groups is 2. The van der Waals surface area contributed by atoms with Gasteiger partial charge in [0.25, 0.3) is 0 Å². The van der Waals surface area contributed by atoms with Crippen LogP contribution in [-0.4, -0.2) is 11.9 Å². The fourth-order valence-corrected chi connectivity index (χ4v) is 2.48. The van der Waals surface area contributed by atoms with Gasteiger partial charge >= 0.3 is 6.18 Å². The van der Waals surface area contributed by atoms with Crippen LogP contribution in [0.5, 0.6) is 0 Å². The van der Waals surface area contributed by atoms with Crippen molar-refractivity contribution in [2.75, 3.05) is 0 Å². The van der Waals surface area contributed by atoms with Gasteiger partial charge in [-0.2, -0.15) is 18.2 Å². The summed E-state index contributed by atoms with van der Waals surface area (Å²) < 4.78 is 39.0. The van der Waals surface area contributed by atoms with Crippen molar-refractivity contribution in [3.8, 4) is 0 Å². The van der Waals surface area contributed by atoms with Crippen LogP contribution in [0.4, 0.5) is 18.9 Å². The molecule has 104 valence electrons. The molecule has 0 unspecified atom stereocenters. The molecule has 10 heteroatoms. The van der Waals surface area contributed by atoms with Gasteiger partial charge in [0.05, 0.1) is 11.3 Å². The van der Waals surface area contributed by atoms with Crippen LogP contribution in [0.3, 0.4) is 0 Å². The second-order valence-corrected chi connectivity index (χ2v) is 5.06. The summed E-state index contributed by atoms with van der Waals surface area (Å²) in [4.78, 5) is 6.92. The first-order chi connectivity index (χ1) is 8.61. The number of halogens is 5. The highest BCUT2D eigenvalue weighted by Crippen LogP contribution is 2.42. The molecule has 0 atom stereocenters. The minimum absolute atomic E-state index is 0.0999. The summed E-state index contributed by atoms with van der Waals surface area (Å²) >= 11 is 5.95. The Bertz CT molecular complexity index is 550. The van der Waals surface area contributed by atoms with Crippen LogP contribution in [0.2, 0.25) is 0 Å². The molecule has 0 fully saturated rings. The van der Waals surface area contributed by atoms with Gasteiger partial charge in [-0.3, -0.25) is 0 Å². The monoisotopic (exact) mass is 401 g/mol. The maximum absolute atomic E-state index is 12.9. The standard InChI is InChI=1S/C9H8Br2F3N5/c10-3-1-4(9(12,13)14)6(5(11)2-3)18-8(17)19-7(15)16/h1-2H,(H6,15,16,17,18,19). The SMILES string of the molecule is NC(N)=NC(N)=Nc1c(Br)cc(Br)cc1C(F)(F)F. The molecule has 0 aliphatic rings. The van der Waals surface area contributed by atoms with E-state index in [0.717, 1.165) is 6.07 Å². The average molecular weight is 403 g/mol. The normalized spacial score (nSPS) is 12.4. The molecule has 1 rings (SSSR count). The van der Waals surface area contributed by atoms with Gasteiger partial charge in [-0.25, -0.2) is 4.99 Å². The predicted octanol–water partition coefficient (Wildman–Crippen LogP) is 2.45. The van der Waals surface area contributed by atoms with E-state index in [-0.39, 0.29) is 8.95 Å². The van der Waals surface area contributed by atoms with Crippen molar-refractivity contribution in [2.45, 2.75) is 6.18 Å². The van der Waals surface area contributed by atoms with E-state index in [1.54, 1.807) is 0 Å². The largest absolute Gasteiger partial charge is 0.418 e. The minimum atomic E-state index is -4.59. The summed E-state index contributed by atoms with van der Waals surface area (Å²) in [6, 6.07) is 2.28. The molecule has 0 amide bonds. The molecule has 0 aliphatic heterocycles. The van der Waals surface area contributed by atoms with Gasteiger partial charge in [-0.05, 0) is 28.1 Å². The molecule has 0 heterocycles. The van der Waals surface area contributed by atoms with E-state index in [9.17, 15) is 13.2 Å². The van der Waals surface area contributed by atoms with Crippen molar-refractivity contribution in [1.29, 1.82) is 0 Å². The lowest BCUT2D eigenvalue weighted by molar-refractivity contribution is -0.137. The Labute approximate surface area is 123 Å². The Kier molecular flexibility index (Phi) is 4.80. The van der Waals surface area contributed by atoms with E-state index < -0.39 is 29.3 Å². The quantitative estimate of drug-likeness (QED) is 0.496. The van der Waals surface area contributed by atoms with Crippen molar-refractivity contribution in [3.05, 3.63) is 26.6 Å². The lowest BCUT2D eigenvalue weighted by Crippen LogP contribution is -2.26. The van der Waals surface area contributed by atoms with Gasteiger partial charge in [0.2, 0.25) is 5.96 Å². The van der Waals surface area contributed by atoms with Gasteiger partial charge < -0.3 is 17.2 Å². The first-order valence-electron chi connectivity index (χ1n) is 4.61. The zero-order valence-electron chi connectivity index (χ0n) is 9.17. The number of nitrogens with two attached hydrogens (primary N) is 3. The minimum Gasteiger partial charge on any atom is -0.370 e. The summed E-state index contributed by atoms with van der Waals surface area (Å²) in [5.74, 6) is -0.878. The van der Waals surface area contributed by atoms with Crippen LogP contribution in [0.1, 0.15) is 5.56 Å². The molecule has 1 aromatic rings. The molecule has 0 aromatic heterocycles. The first-order valence-corrected chi connectivity index (χ1v) is 6.20. The number of benzene rings is 1. The molecule has 5 nitrogen and oxygen atoms in total. The highest BCUT2D eigenvalue weighted by atomic mass is 79.9. The molecule has 0 saturated heterocycles. The van der Waals surface area contributed by atoms with E-state index in [1.807, 2.05) is 0 Å². The Morgan fingerprint density at radius 1 is 1.11 bits per heavy atom. The third-order valence-electron chi connectivity index (χ3n) is 1.80. The second kappa shape index (κ2) is 5.78. The van der Waals surface area contributed by atoms with E-state index >= 15 is 0 Å². The van der Waals surface area contributed by atoms with Gasteiger partial charge in [0, 0.05) is 8.95 Å². The highest BCUT2D eigenvalue weighted by Gasteiger charge is 2.35. The molecule has 0 bridgehead atoms. The molecule has 6 N–H and O–H groups in total. The smallest absolute Gasteiger partial charge is 0.370 e. The van der Waals surface area contributed by atoms with E-state index in [0.29, 0.717) is 0 Å². The van der Waals surface area contributed by atoms with Gasteiger partial charge in [-0.15, -0.1) is 0 Å². The summed E-state index contributed by atoms with van der Waals surface area (Å²) in [5.41, 5.74) is 14.1. The predicted molar refractivity (Wildman–Crippen MR) is 73.9 cm³/mol. The Hall–Kier alpha value is -1.29. The number of alkyl halides is 3. The van der Waals surface area contributed by atoms with Crippen molar-refractivity contribution in [2.24, 2.45) is 27.2 Å². The van der Waals surface area contributed by atoms with E-state index in [4.69, 9.17) is 17.2 Å². The van der Waals surface area contributed by atoms with Gasteiger partial charge in [0.1, 0.15) is 0 Å². The molecular formula is C9H8Br2F3N5. The van der Waals surface area contributed by atoms with Gasteiger partial charge in [0.15, 0.2) is 5.96 Å².